The lowest BCUT2D eigenvalue weighted by atomic mass is 9.95. The van der Waals surface area contributed by atoms with Crippen molar-refractivity contribution in [3.05, 3.63) is 33.8 Å². The maximum atomic E-state index is 12.4. The normalized spacial score (nSPS) is 15.2. The minimum absolute atomic E-state index is 0.0171. The first-order chi connectivity index (χ1) is 12.0. The summed E-state index contributed by atoms with van der Waals surface area (Å²) in [6.07, 6.45) is 2.50. The summed E-state index contributed by atoms with van der Waals surface area (Å²) in [5.74, 6) is 0.113. The average molecular weight is 387 g/mol. The summed E-state index contributed by atoms with van der Waals surface area (Å²) in [7, 11) is 1.65. The number of benzene rings is 1. The zero-order valence-electron chi connectivity index (χ0n) is 14.4. The second-order valence-corrected chi connectivity index (χ2v) is 7.03. The van der Waals surface area contributed by atoms with E-state index in [2.05, 4.69) is 5.32 Å². The maximum absolute atomic E-state index is 12.4. The second-order valence-electron chi connectivity index (χ2n) is 6.22. The molecule has 5 nitrogen and oxygen atoms in total. The lowest BCUT2D eigenvalue weighted by Crippen LogP contribution is -2.43. The molecule has 1 fully saturated rings. The molecule has 0 atom stereocenters. The Morgan fingerprint density at radius 1 is 1.24 bits per heavy atom. The second kappa shape index (κ2) is 10.00. The van der Waals surface area contributed by atoms with Crippen molar-refractivity contribution in [3.8, 4) is 0 Å². The first-order valence-corrected chi connectivity index (χ1v) is 9.25. The van der Waals surface area contributed by atoms with Crippen LogP contribution in [0.1, 0.15) is 24.8 Å². The molecule has 25 heavy (non-hydrogen) atoms. The summed E-state index contributed by atoms with van der Waals surface area (Å²) in [5, 5.41) is 3.87. The van der Waals surface area contributed by atoms with Crippen LogP contribution in [0.5, 0.6) is 0 Å². The largest absolute Gasteiger partial charge is 0.385 e. The number of piperidine rings is 1. The van der Waals surface area contributed by atoms with Crippen LogP contribution < -0.4 is 5.32 Å². The summed E-state index contributed by atoms with van der Waals surface area (Å²) in [4.78, 5) is 26.4. The Hall–Kier alpha value is -1.30. The summed E-state index contributed by atoms with van der Waals surface area (Å²) < 4.78 is 4.96. The van der Waals surface area contributed by atoms with E-state index in [1.807, 2.05) is 11.0 Å². The van der Waals surface area contributed by atoms with Gasteiger partial charge in [0.25, 0.3) is 0 Å². The third kappa shape index (κ3) is 6.17. The molecule has 0 saturated carbocycles. The van der Waals surface area contributed by atoms with Crippen LogP contribution in [0.2, 0.25) is 10.0 Å². The highest BCUT2D eigenvalue weighted by atomic mass is 35.5. The molecular weight excluding hydrogens is 363 g/mol. The van der Waals surface area contributed by atoms with Crippen molar-refractivity contribution in [1.82, 2.24) is 10.2 Å². The van der Waals surface area contributed by atoms with Crippen molar-refractivity contribution in [3.63, 3.8) is 0 Å². The van der Waals surface area contributed by atoms with Crippen LogP contribution in [-0.4, -0.2) is 50.1 Å². The number of rotatable bonds is 7. The first kappa shape index (κ1) is 20.0. The van der Waals surface area contributed by atoms with E-state index in [1.165, 1.54) is 0 Å². The van der Waals surface area contributed by atoms with E-state index in [1.54, 1.807) is 19.2 Å². The van der Waals surface area contributed by atoms with Crippen molar-refractivity contribution in [2.45, 2.75) is 25.7 Å². The molecule has 1 saturated heterocycles. The number of likely N-dealkylation sites (tertiary alicyclic amines) is 1. The van der Waals surface area contributed by atoms with Gasteiger partial charge in [0.1, 0.15) is 0 Å². The zero-order valence-corrected chi connectivity index (χ0v) is 15.9. The highest BCUT2D eigenvalue weighted by Crippen LogP contribution is 2.24. The van der Waals surface area contributed by atoms with Crippen molar-refractivity contribution in [2.24, 2.45) is 5.92 Å². The van der Waals surface area contributed by atoms with Gasteiger partial charge >= 0.3 is 0 Å². The van der Waals surface area contributed by atoms with Crippen molar-refractivity contribution >= 4 is 35.0 Å². The number of methoxy groups -OCH3 is 1. The molecule has 138 valence electrons. The molecule has 1 N–H and O–H groups in total. The molecular formula is C18H24Cl2N2O3. The molecule has 1 aromatic carbocycles. The quantitative estimate of drug-likeness (QED) is 0.732. The van der Waals surface area contributed by atoms with E-state index in [0.717, 1.165) is 12.0 Å². The lowest BCUT2D eigenvalue weighted by Gasteiger charge is -2.31. The van der Waals surface area contributed by atoms with Gasteiger partial charge in [0.05, 0.1) is 16.5 Å². The fourth-order valence-electron chi connectivity index (χ4n) is 2.90. The van der Waals surface area contributed by atoms with Gasteiger partial charge in [-0.3, -0.25) is 9.59 Å². The average Bonchev–Trinajstić information content (AvgIpc) is 2.62. The fraction of sp³-hybridized carbons (Fsp3) is 0.556. The van der Waals surface area contributed by atoms with Crippen LogP contribution in [0.25, 0.3) is 0 Å². The Morgan fingerprint density at radius 2 is 1.96 bits per heavy atom. The number of carbonyl (C=O) groups excluding carboxylic acids is 2. The van der Waals surface area contributed by atoms with E-state index in [-0.39, 0.29) is 17.7 Å². The number of nitrogens with zero attached hydrogens (tertiary/aromatic N) is 1. The number of amides is 2. The Kier molecular flexibility index (Phi) is 8.00. The van der Waals surface area contributed by atoms with E-state index in [9.17, 15) is 9.59 Å². The molecule has 0 radical (unpaired) electrons. The maximum Gasteiger partial charge on any atom is 0.226 e. The van der Waals surface area contributed by atoms with Gasteiger partial charge in [0, 0.05) is 39.3 Å². The SMILES string of the molecule is COCCCNC(=O)C1CCN(C(=O)Cc2ccc(Cl)c(Cl)c2)CC1. The van der Waals surface area contributed by atoms with Gasteiger partial charge in [-0.2, -0.15) is 0 Å². The van der Waals surface area contributed by atoms with Crippen LogP contribution in [0.4, 0.5) is 0 Å². The smallest absolute Gasteiger partial charge is 0.226 e. The monoisotopic (exact) mass is 386 g/mol. The molecule has 1 aromatic rings. The zero-order chi connectivity index (χ0) is 18.2. The van der Waals surface area contributed by atoms with Crippen LogP contribution in [0.3, 0.4) is 0 Å². The van der Waals surface area contributed by atoms with Gasteiger partial charge in [-0.1, -0.05) is 29.3 Å². The van der Waals surface area contributed by atoms with Crippen molar-refractivity contribution in [2.75, 3.05) is 33.4 Å². The summed E-state index contributed by atoms with van der Waals surface area (Å²) in [5.41, 5.74) is 0.845. The highest BCUT2D eigenvalue weighted by molar-refractivity contribution is 6.42. The lowest BCUT2D eigenvalue weighted by molar-refractivity contribution is -0.135. The van der Waals surface area contributed by atoms with E-state index in [4.69, 9.17) is 27.9 Å². The Morgan fingerprint density at radius 3 is 2.60 bits per heavy atom. The summed E-state index contributed by atoms with van der Waals surface area (Å²) in [6.45, 7) is 2.48. The predicted octanol–water partition coefficient (Wildman–Crippen LogP) is 2.93. The first-order valence-electron chi connectivity index (χ1n) is 8.49. The number of hydrogen-bond acceptors (Lipinski definition) is 3. The molecule has 1 aliphatic rings. The molecule has 1 aliphatic heterocycles. The molecule has 0 aliphatic carbocycles. The summed E-state index contributed by atoms with van der Waals surface area (Å²) in [6, 6.07) is 5.24. The number of carbonyl (C=O) groups is 2. The van der Waals surface area contributed by atoms with Gasteiger partial charge in [-0.25, -0.2) is 0 Å². The molecule has 2 rings (SSSR count). The number of ether oxygens (including phenoxy) is 1. The Labute approximate surface area is 158 Å². The molecule has 1 heterocycles. The van der Waals surface area contributed by atoms with Gasteiger partial charge in [0.2, 0.25) is 11.8 Å². The van der Waals surface area contributed by atoms with Crippen LogP contribution in [0.15, 0.2) is 18.2 Å². The Bertz CT molecular complexity index is 602. The minimum atomic E-state index is -0.0171. The van der Waals surface area contributed by atoms with E-state index >= 15 is 0 Å². The van der Waals surface area contributed by atoms with Gasteiger partial charge < -0.3 is 15.0 Å². The molecule has 0 aromatic heterocycles. The third-order valence-electron chi connectivity index (χ3n) is 4.38. The molecule has 0 spiro atoms. The molecule has 7 heteroatoms. The topological polar surface area (TPSA) is 58.6 Å². The van der Waals surface area contributed by atoms with Gasteiger partial charge in [0.15, 0.2) is 0 Å². The number of hydrogen-bond donors (Lipinski definition) is 1. The predicted molar refractivity (Wildman–Crippen MR) is 99.0 cm³/mol. The number of halogens is 2. The molecule has 0 unspecified atom stereocenters. The van der Waals surface area contributed by atoms with Crippen LogP contribution in [-0.2, 0) is 20.7 Å². The summed E-state index contributed by atoms with van der Waals surface area (Å²) >= 11 is 11.9. The third-order valence-corrected chi connectivity index (χ3v) is 5.12. The van der Waals surface area contributed by atoms with Crippen molar-refractivity contribution < 1.29 is 14.3 Å². The Balaban J connectivity index is 1.76. The van der Waals surface area contributed by atoms with Crippen LogP contribution in [0, 0.1) is 5.92 Å². The fourth-order valence-corrected chi connectivity index (χ4v) is 3.22. The van der Waals surface area contributed by atoms with Crippen LogP contribution >= 0.6 is 23.2 Å². The molecule has 0 bridgehead atoms. The highest BCUT2D eigenvalue weighted by Gasteiger charge is 2.27. The van der Waals surface area contributed by atoms with Crippen molar-refractivity contribution in [1.29, 1.82) is 0 Å². The van der Waals surface area contributed by atoms with E-state index < -0.39 is 0 Å². The van der Waals surface area contributed by atoms with Gasteiger partial charge in [-0.15, -0.1) is 0 Å². The minimum Gasteiger partial charge on any atom is -0.385 e. The van der Waals surface area contributed by atoms with Gasteiger partial charge in [-0.05, 0) is 37.0 Å². The molecule has 2 amide bonds. The standard InChI is InChI=1S/C18H24Cl2N2O3/c1-25-10-2-7-21-18(24)14-5-8-22(9-6-14)17(23)12-13-3-4-15(19)16(20)11-13/h3-4,11,14H,2,5-10,12H2,1H3,(H,21,24). The van der Waals surface area contributed by atoms with E-state index in [0.29, 0.717) is 55.5 Å². The number of nitrogens with one attached hydrogen (secondary N) is 1.